The average Bonchev–Trinajstić information content (AvgIpc) is 2.71. The molecule has 1 aliphatic heterocycles. The highest BCUT2D eigenvalue weighted by molar-refractivity contribution is 5.22. The normalized spacial score (nSPS) is 31.8. The Kier molecular flexibility index (Phi) is 5.42. The molecule has 0 aromatic heterocycles. The van der Waals surface area contributed by atoms with E-state index in [4.69, 9.17) is 9.47 Å². The molecular weight excluding hydrogens is 320 g/mol. The first kappa shape index (κ1) is 17.8. The van der Waals surface area contributed by atoms with Crippen molar-refractivity contribution in [1.29, 1.82) is 0 Å². The van der Waals surface area contributed by atoms with Gasteiger partial charge >= 0.3 is 0 Å². The van der Waals surface area contributed by atoms with E-state index in [2.05, 4.69) is 67.6 Å². The van der Waals surface area contributed by atoms with Crippen LogP contribution in [0.2, 0.25) is 0 Å². The molecule has 2 fully saturated rings. The second-order valence-electron chi connectivity index (χ2n) is 7.91. The van der Waals surface area contributed by atoms with Gasteiger partial charge in [-0.25, -0.2) is 0 Å². The maximum Gasteiger partial charge on any atom is 0.169 e. The average molecular weight is 351 g/mol. The maximum absolute atomic E-state index is 6.66. The van der Waals surface area contributed by atoms with E-state index < -0.39 is 5.79 Å². The molecule has 0 N–H and O–H groups in total. The molecule has 0 radical (unpaired) electrons. The minimum Gasteiger partial charge on any atom is -0.342 e. The van der Waals surface area contributed by atoms with E-state index >= 15 is 0 Å². The molecule has 1 spiro atoms. The molecule has 2 aromatic carbocycles. The number of rotatable bonds is 4. The zero-order valence-electron chi connectivity index (χ0n) is 15.8. The second kappa shape index (κ2) is 7.94. The molecule has 0 unspecified atom stereocenters. The molecular formula is C24H30O2. The van der Waals surface area contributed by atoms with Crippen LogP contribution in [0.3, 0.4) is 0 Å². The number of hydrogen-bond acceptors (Lipinski definition) is 2. The van der Waals surface area contributed by atoms with E-state index in [1.165, 1.54) is 36.8 Å². The largest absolute Gasteiger partial charge is 0.342 e. The van der Waals surface area contributed by atoms with Crippen LogP contribution >= 0.6 is 0 Å². The lowest BCUT2D eigenvalue weighted by Gasteiger charge is -2.48. The lowest BCUT2D eigenvalue weighted by Crippen LogP contribution is -2.45. The van der Waals surface area contributed by atoms with Gasteiger partial charge in [-0.15, -0.1) is 0 Å². The monoisotopic (exact) mass is 350 g/mol. The summed E-state index contributed by atoms with van der Waals surface area (Å²) in [4.78, 5) is 0. The van der Waals surface area contributed by atoms with Crippen molar-refractivity contribution < 1.29 is 9.47 Å². The molecule has 2 heteroatoms. The molecule has 1 aliphatic carbocycles. The quantitative estimate of drug-likeness (QED) is 0.619. The number of benzene rings is 2. The number of ether oxygens (including phenoxy) is 2. The fourth-order valence-electron chi connectivity index (χ4n) is 4.63. The van der Waals surface area contributed by atoms with Crippen molar-refractivity contribution in [2.24, 2.45) is 5.92 Å². The summed E-state index contributed by atoms with van der Waals surface area (Å²) in [5, 5.41) is 0. The first-order valence-corrected chi connectivity index (χ1v) is 10.2. The van der Waals surface area contributed by atoms with Crippen molar-refractivity contribution in [2.75, 3.05) is 0 Å². The Morgan fingerprint density at radius 2 is 1.31 bits per heavy atom. The van der Waals surface area contributed by atoms with E-state index in [1.807, 2.05) is 0 Å². The molecule has 2 aliphatic rings. The molecule has 1 saturated carbocycles. The first-order valence-electron chi connectivity index (χ1n) is 10.2. The van der Waals surface area contributed by atoms with Gasteiger partial charge in [0.2, 0.25) is 0 Å². The second-order valence-corrected chi connectivity index (χ2v) is 7.91. The van der Waals surface area contributed by atoms with Crippen LogP contribution in [-0.4, -0.2) is 5.79 Å². The van der Waals surface area contributed by atoms with Crippen LogP contribution in [0.4, 0.5) is 0 Å². The lowest BCUT2D eigenvalue weighted by atomic mass is 9.81. The van der Waals surface area contributed by atoms with Gasteiger partial charge < -0.3 is 9.47 Å². The van der Waals surface area contributed by atoms with Gasteiger partial charge in [0.15, 0.2) is 5.79 Å². The summed E-state index contributed by atoms with van der Waals surface area (Å²) in [7, 11) is 0. The molecule has 1 saturated heterocycles. The van der Waals surface area contributed by atoms with Gasteiger partial charge in [-0.05, 0) is 29.9 Å². The molecule has 4 rings (SSSR count). The van der Waals surface area contributed by atoms with Crippen molar-refractivity contribution in [1.82, 2.24) is 0 Å². The minimum absolute atomic E-state index is 0.109. The van der Waals surface area contributed by atoms with E-state index in [0.717, 1.165) is 25.2 Å². The van der Waals surface area contributed by atoms with Gasteiger partial charge in [0.05, 0.1) is 12.2 Å². The standard InChI is InChI=1S/C24H30O2/c1-2-9-19-14-16-24(17-15-19)25-22(20-10-5-3-6-11-20)18-23(26-24)21-12-7-4-8-13-21/h3-8,10-13,19,22-23H,2,9,14-18H2,1H3/t22-,23-/m0/s1. The SMILES string of the molecule is CCCC1CCC2(CC1)O[C@H](c1ccccc1)C[C@@H](c1ccccc1)O2. The van der Waals surface area contributed by atoms with Crippen molar-refractivity contribution in [3.63, 3.8) is 0 Å². The van der Waals surface area contributed by atoms with E-state index in [-0.39, 0.29) is 12.2 Å². The third-order valence-corrected chi connectivity index (χ3v) is 6.05. The van der Waals surface area contributed by atoms with Gasteiger partial charge in [0.25, 0.3) is 0 Å². The van der Waals surface area contributed by atoms with Crippen molar-refractivity contribution in [2.45, 2.75) is 69.9 Å². The summed E-state index contributed by atoms with van der Waals surface area (Å²) < 4.78 is 13.3. The fraction of sp³-hybridized carbons (Fsp3) is 0.500. The van der Waals surface area contributed by atoms with E-state index in [0.29, 0.717) is 0 Å². The van der Waals surface area contributed by atoms with Crippen LogP contribution in [0.5, 0.6) is 0 Å². The lowest BCUT2D eigenvalue weighted by molar-refractivity contribution is -0.336. The van der Waals surface area contributed by atoms with Crippen LogP contribution in [0.15, 0.2) is 60.7 Å². The maximum atomic E-state index is 6.66. The Labute approximate surface area is 157 Å². The van der Waals surface area contributed by atoms with Crippen LogP contribution in [0, 0.1) is 5.92 Å². The Balaban J connectivity index is 1.58. The van der Waals surface area contributed by atoms with Gasteiger partial charge in [-0.1, -0.05) is 80.4 Å². The Bertz CT molecular complexity index is 624. The van der Waals surface area contributed by atoms with Crippen molar-refractivity contribution in [3.05, 3.63) is 71.8 Å². The summed E-state index contributed by atoms with van der Waals surface area (Å²) in [5.41, 5.74) is 2.54. The van der Waals surface area contributed by atoms with Crippen molar-refractivity contribution in [3.8, 4) is 0 Å². The topological polar surface area (TPSA) is 18.5 Å². The molecule has 2 aromatic rings. The molecule has 1 heterocycles. The fourth-order valence-corrected chi connectivity index (χ4v) is 4.63. The van der Waals surface area contributed by atoms with Crippen LogP contribution in [0.1, 0.15) is 75.2 Å². The predicted octanol–water partition coefficient (Wildman–Crippen LogP) is 6.59. The van der Waals surface area contributed by atoms with Gasteiger partial charge in [-0.2, -0.15) is 0 Å². The summed E-state index contributed by atoms with van der Waals surface area (Å²) in [6.45, 7) is 2.29. The summed E-state index contributed by atoms with van der Waals surface area (Å²) >= 11 is 0. The van der Waals surface area contributed by atoms with E-state index in [1.54, 1.807) is 0 Å². The highest BCUT2D eigenvalue weighted by Crippen LogP contribution is 2.49. The van der Waals surface area contributed by atoms with Gasteiger partial charge in [0.1, 0.15) is 0 Å². The van der Waals surface area contributed by atoms with Crippen molar-refractivity contribution >= 4 is 0 Å². The third kappa shape index (κ3) is 3.87. The van der Waals surface area contributed by atoms with Crippen LogP contribution in [0.25, 0.3) is 0 Å². The highest BCUT2D eigenvalue weighted by atomic mass is 16.7. The molecule has 138 valence electrons. The van der Waals surface area contributed by atoms with Crippen LogP contribution in [-0.2, 0) is 9.47 Å². The summed E-state index contributed by atoms with van der Waals surface area (Å²) in [6.07, 6.45) is 8.19. The van der Waals surface area contributed by atoms with Gasteiger partial charge in [-0.3, -0.25) is 0 Å². The Hall–Kier alpha value is -1.64. The third-order valence-electron chi connectivity index (χ3n) is 6.05. The summed E-state index contributed by atoms with van der Waals surface area (Å²) in [6, 6.07) is 21.3. The molecule has 0 bridgehead atoms. The summed E-state index contributed by atoms with van der Waals surface area (Å²) in [5.74, 6) is 0.425. The smallest absolute Gasteiger partial charge is 0.169 e. The minimum atomic E-state index is -0.413. The highest BCUT2D eigenvalue weighted by Gasteiger charge is 2.45. The predicted molar refractivity (Wildman–Crippen MR) is 105 cm³/mol. The first-order chi connectivity index (χ1) is 12.8. The molecule has 0 amide bonds. The van der Waals surface area contributed by atoms with E-state index in [9.17, 15) is 0 Å². The Morgan fingerprint density at radius 3 is 1.77 bits per heavy atom. The zero-order valence-corrected chi connectivity index (χ0v) is 15.8. The molecule has 26 heavy (non-hydrogen) atoms. The van der Waals surface area contributed by atoms with Crippen LogP contribution < -0.4 is 0 Å². The molecule has 2 atom stereocenters. The number of hydrogen-bond donors (Lipinski definition) is 0. The zero-order chi connectivity index (χ0) is 17.8. The van der Waals surface area contributed by atoms with Gasteiger partial charge in [0, 0.05) is 19.3 Å². The Morgan fingerprint density at radius 1 is 0.808 bits per heavy atom. The molecule has 2 nitrogen and oxygen atoms in total.